The Morgan fingerprint density at radius 2 is 1.78 bits per heavy atom. The van der Waals surface area contributed by atoms with Gasteiger partial charge in [-0.05, 0) is 0 Å². The third-order valence-corrected chi connectivity index (χ3v) is 2.64. The van der Waals surface area contributed by atoms with Crippen molar-refractivity contribution < 1.29 is 3.02 Å². The molecule has 0 aliphatic carbocycles. The van der Waals surface area contributed by atoms with E-state index in [9.17, 15) is 3.02 Å². The molecule has 0 aliphatic heterocycles. The molecule has 0 heterocycles. The molecule has 0 saturated heterocycles. The van der Waals surface area contributed by atoms with Crippen LogP contribution >= 0.6 is 11.6 Å². The fraction of sp³-hybridized carbons (Fsp3) is 0. The van der Waals surface area contributed by atoms with Crippen LogP contribution in [0.3, 0.4) is 0 Å². The second-order valence-corrected chi connectivity index (χ2v) is 4.00. The van der Waals surface area contributed by atoms with Crippen molar-refractivity contribution in [1.29, 1.82) is 0 Å². The van der Waals surface area contributed by atoms with E-state index >= 15 is 0 Å². The zero-order valence-corrected chi connectivity index (χ0v) is 7.85. The number of rotatable bonds is 1. The molecular formula is C6H4ClOSb. The van der Waals surface area contributed by atoms with Crippen LogP contribution in [-0.4, -0.2) is 21.6 Å². The predicted molar refractivity (Wildman–Crippen MR) is 37.5 cm³/mol. The van der Waals surface area contributed by atoms with E-state index in [4.69, 9.17) is 11.6 Å². The standard InChI is InChI=1S/C6H4Cl.O.Sb/c7-6-4-2-1-3-5-6;;/h2-5H;;. The van der Waals surface area contributed by atoms with Crippen molar-refractivity contribution in [2.45, 2.75) is 0 Å². The summed E-state index contributed by atoms with van der Waals surface area (Å²) in [5, 5.41) is 0.697. The number of hydrogen-bond donors (Lipinski definition) is 0. The van der Waals surface area contributed by atoms with Crippen molar-refractivity contribution in [3.63, 3.8) is 0 Å². The minimum atomic E-state index is -1.32. The summed E-state index contributed by atoms with van der Waals surface area (Å²) in [7, 11) is 0. The molecule has 0 saturated carbocycles. The van der Waals surface area contributed by atoms with Gasteiger partial charge in [0.05, 0.1) is 0 Å². The quantitative estimate of drug-likeness (QED) is 0.679. The molecule has 0 aromatic heterocycles. The monoisotopic (exact) mass is 248 g/mol. The van der Waals surface area contributed by atoms with E-state index in [1.54, 1.807) is 24.3 Å². The zero-order valence-electron chi connectivity index (χ0n) is 4.54. The Bertz CT molecular complexity index is 207. The van der Waals surface area contributed by atoms with E-state index in [1.807, 2.05) is 0 Å². The van der Waals surface area contributed by atoms with Crippen LogP contribution < -0.4 is 3.51 Å². The Labute approximate surface area is 68.9 Å². The Balaban J connectivity index is 3.01. The molecule has 0 amide bonds. The van der Waals surface area contributed by atoms with Gasteiger partial charge in [0.1, 0.15) is 0 Å². The summed E-state index contributed by atoms with van der Waals surface area (Å²) in [6.45, 7) is 0. The molecule has 0 radical (unpaired) electrons. The number of hydrogen-bond acceptors (Lipinski definition) is 1. The molecule has 1 rings (SSSR count). The Hall–Kier alpha value is 0.128. The van der Waals surface area contributed by atoms with Crippen LogP contribution in [0.1, 0.15) is 0 Å². The van der Waals surface area contributed by atoms with Crippen LogP contribution in [-0.2, 0) is 3.02 Å². The Morgan fingerprint density at radius 1 is 1.22 bits per heavy atom. The van der Waals surface area contributed by atoms with Crippen LogP contribution in [0.4, 0.5) is 0 Å². The summed E-state index contributed by atoms with van der Waals surface area (Å²) in [5.74, 6) is 0. The zero-order chi connectivity index (χ0) is 6.69. The molecule has 0 aliphatic rings. The SMILES string of the molecule is [O]=[Sb][c]1ccc(Cl)cc1. The first-order valence-corrected chi connectivity index (χ1v) is 5.11. The molecule has 1 aromatic rings. The van der Waals surface area contributed by atoms with E-state index in [0.29, 0.717) is 5.02 Å². The van der Waals surface area contributed by atoms with E-state index < -0.39 is 21.6 Å². The fourth-order valence-corrected chi connectivity index (χ4v) is 1.40. The first-order chi connectivity index (χ1) is 4.33. The maximum atomic E-state index is 10.3. The third kappa shape index (κ3) is 2.08. The van der Waals surface area contributed by atoms with Crippen molar-refractivity contribution in [3.05, 3.63) is 29.3 Å². The molecule has 0 unspecified atom stereocenters. The van der Waals surface area contributed by atoms with Gasteiger partial charge in [-0.15, -0.1) is 0 Å². The second kappa shape index (κ2) is 3.34. The first-order valence-electron chi connectivity index (χ1n) is 2.42. The summed E-state index contributed by atoms with van der Waals surface area (Å²) in [6, 6.07) is 7.11. The predicted octanol–water partition coefficient (Wildman–Crippen LogP) is 1.02. The molecular weight excluding hydrogens is 245 g/mol. The van der Waals surface area contributed by atoms with Crippen molar-refractivity contribution in [2.24, 2.45) is 0 Å². The molecule has 46 valence electrons. The molecule has 0 fully saturated rings. The van der Waals surface area contributed by atoms with Gasteiger partial charge in [-0.3, -0.25) is 0 Å². The Morgan fingerprint density at radius 3 is 2.22 bits per heavy atom. The van der Waals surface area contributed by atoms with Crippen LogP contribution in [0.2, 0.25) is 5.02 Å². The topological polar surface area (TPSA) is 17.1 Å². The molecule has 0 atom stereocenters. The van der Waals surface area contributed by atoms with Gasteiger partial charge in [-0.2, -0.15) is 0 Å². The van der Waals surface area contributed by atoms with Crippen LogP contribution in [0.15, 0.2) is 24.3 Å². The molecule has 0 bridgehead atoms. The average Bonchev–Trinajstić information content (AvgIpc) is 1.90. The van der Waals surface area contributed by atoms with Gasteiger partial charge in [0.15, 0.2) is 0 Å². The first kappa shape index (κ1) is 7.24. The number of halogens is 1. The molecule has 0 N–H and O–H groups in total. The van der Waals surface area contributed by atoms with Crippen molar-refractivity contribution in [1.82, 2.24) is 0 Å². The maximum absolute atomic E-state index is 10.3. The van der Waals surface area contributed by atoms with E-state index in [-0.39, 0.29) is 0 Å². The van der Waals surface area contributed by atoms with Crippen LogP contribution in [0.25, 0.3) is 0 Å². The van der Waals surface area contributed by atoms with Gasteiger partial charge >= 0.3 is 69.0 Å². The fourth-order valence-electron chi connectivity index (χ4n) is 0.502. The summed E-state index contributed by atoms with van der Waals surface area (Å²) in [5.41, 5.74) is 0. The second-order valence-electron chi connectivity index (χ2n) is 1.57. The summed E-state index contributed by atoms with van der Waals surface area (Å²) in [4.78, 5) is 0. The minimum absolute atomic E-state index is 0.697. The van der Waals surface area contributed by atoms with Gasteiger partial charge in [-0.1, -0.05) is 0 Å². The summed E-state index contributed by atoms with van der Waals surface area (Å²) >= 11 is 4.26. The van der Waals surface area contributed by atoms with Crippen molar-refractivity contribution in [3.8, 4) is 0 Å². The third-order valence-electron chi connectivity index (χ3n) is 0.932. The molecule has 3 heteroatoms. The van der Waals surface area contributed by atoms with Crippen LogP contribution in [0.5, 0.6) is 0 Å². The molecule has 0 spiro atoms. The van der Waals surface area contributed by atoms with Crippen LogP contribution in [0, 0.1) is 0 Å². The van der Waals surface area contributed by atoms with Gasteiger partial charge in [0.25, 0.3) is 0 Å². The van der Waals surface area contributed by atoms with Crippen molar-refractivity contribution >= 4 is 36.7 Å². The average molecular weight is 249 g/mol. The van der Waals surface area contributed by atoms with Gasteiger partial charge < -0.3 is 0 Å². The van der Waals surface area contributed by atoms with E-state index in [0.717, 1.165) is 3.51 Å². The van der Waals surface area contributed by atoms with Gasteiger partial charge in [-0.25, -0.2) is 0 Å². The molecule has 1 nitrogen and oxygen atoms in total. The Kier molecular flexibility index (Phi) is 2.68. The van der Waals surface area contributed by atoms with E-state index in [1.165, 1.54) is 0 Å². The van der Waals surface area contributed by atoms with Gasteiger partial charge in [0, 0.05) is 0 Å². The molecule has 1 aromatic carbocycles. The normalized spacial score (nSPS) is 9.00. The number of benzene rings is 1. The summed E-state index contributed by atoms with van der Waals surface area (Å²) in [6.07, 6.45) is 0. The summed E-state index contributed by atoms with van der Waals surface area (Å²) < 4.78 is 11.3. The van der Waals surface area contributed by atoms with Crippen molar-refractivity contribution in [2.75, 3.05) is 0 Å². The van der Waals surface area contributed by atoms with E-state index in [2.05, 4.69) is 0 Å². The van der Waals surface area contributed by atoms with Gasteiger partial charge in [0.2, 0.25) is 0 Å². The molecule has 9 heavy (non-hydrogen) atoms.